The number of ether oxygens (including phenoxy) is 2. The fourth-order valence-corrected chi connectivity index (χ4v) is 2.81. The molecule has 0 aromatic heterocycles. The lowest BCUT2D eigenvalue weighted by Gasteiger charge is -2.21. The first-order chi connectivity index (χ1) is 13.1. The van der Waals surface area contributed by atoms with Crippen LogP contribution in [0.15, 0.2) is 60.7 Å². The first-order valence-electron chi connectivity index (χ1n) is 8.56. The van der Waals surface area contributed by atoms with Gasteiger partial charge in [-0.3, -0.25) is 4.79 Å². The molecular formula is C20H20N2O5. The van der Waals surface area contributed by atoms with Gasteiger partial charge in [-0.15, -0.1) is 0 Å². The summed E-state index contributed by atoms with van der Waals surface area (Å²) in [5, 5.41) is 0. The number of nitrogens with two attached hydrogens (primary N) is 1. The Morgan fingerprint density at radius 2 is 1.44 bits per heavy atom. The smallest absolute Gasteiger partial charge is 0.417 e. The van der Waals surface area contributed by atoms with E-state index in [9.17, 15) is 14.4 Å². The van der Waals surface area contributed by atoms with E-state index in [1.54, 1.807) is 12.1 Å². The average molecular weight is 368 g/mol. The highest BCUT2D eigenvalue weighted by Gasteiger charge is 2.47. The van der Waals surface area contributed by atoms with Crippen LogP contribution in [0, 0.1) is 0 Å². The Labute approximate surface area is 156 Å². The third-order valence-electron chi connectivity index (χ3n) is 4.24. The van der Waals surface area contributed by atoms with E-state index in [4.69, 9.17) is 15.2 Å². The number of carbonyl (C=O) groups is 3. The number of rotatable bonds is 5. The Hall–Kier alpha value is -3.19. The molecule has 27 heavy (non-hydrogen) atoms. The first kappa shape index (κ1) is 18.6. The fourth-order valence-electron chi connectivity index (χ4n) is 2.81. The van der Waals surface area contributed by atoms with Gasteiger partial charge < -0.3 is 15.2 Å². The van der Waals surface area contributed by atoms with E-state index < -0.39 is 30.1 Å². The number of benzene rings is 2. The third-order valence-corrected chi connectivity index (χ3v) is 4.24. The number of imide groups is 1. The van der Waals surface area contributed by atoms with Crippen molar-refractivity contribution in [1.82, 2.24) is 4.90 Å². The van der Waals surface area contributed by atoms with Gasteiger partial charge in [-0.25, -0.2) is 14.5 Å². The summed E-state index contributed by atoms with van der Waals surface area (Å²) in [4.78, 5) is 37.8. The lowest BCUT2D eigenvalue weighted by molar-refractivity contribution is -0.152. The van der Waals surface area contributed by atoms with E-state index in [2.05, 4.69) is 0 Å². The maximum absolute atomic E-state index is 12.4. The van der Waals surface area contributed by atoms with Gasteiger partial charge in [0.25, 0.3) is 0 Å². The van der Waals surface area contributed by atoms with E-state index in [1.807, 2.05) is 48.5 Å². The van der Waals surface area contributed by atoms with Gasteiger partial charge in [0.05, 0.1) is 6.04 Å². The van der Waals surface area contributed by atoms with Gasteiger partial charge in [0.1, 0.15) is 19.3 Å². The third kappa shape index (κ3) is 4.51. The van der Waals surface area contributed by atoms with Gasteiger partial charge >= 0.3 is 12.1 Å². The topological polar surface area (TPSA) is 98.9 Å². The van der Waals surface area contributed by atoms with Crippen LogP contribution in [-0.4, -0.2) is 35.0 Å². The minimum absolute atomic E-state index is 0.00684. The van der Waals surface area contributed by atoms with Gasteiger partial charge in [0.2, 0.25) is 5.91 Å². The van der Waals surface area contributed by atoms with Crippen LogP contribution < -0.4 is 5.73 Å². The molecule has 1 heterocycles. The summed E-state index contributed by atoms with van der Waals surface area (Å²) in [7, 11) is 0. The Balaban J connectivity index is 1.63. The molecule has 7 heteroatoms. The first-order valence-corrected chi connectivity index (χ1v) is 8.56. The Morgan fingerprint density at radius 3 is 2.00 bits per heavy atom. The quantitative estimate of drug-likeness (QED) is 0.811. The lowest BCUT2D eigenvalue weighted by atomic mass is 10.2. The standard InChI is InChI=1S/C20H20N2O5/c21-16-11-17(19(24)26-12-14-7-3-1-4-8-14)22(18(16)23)20(25)27-13-15-9-5-2-6-10-15/h1-10,16-17H,11-13,21H2. The molecule has 0 radical (unpaired) electrons. The summed E-state index contributed by atoms with van der Waals surface area (Å²) in [6, 6.07) is 16.1. The molecule has 1 aliphatic heterocycles. The van der Waals surface area contributed by atoms with Gasteiger partial charge in [-0.05, 0) is 11.1 Å². The van der Waals surface area contributed by atoms with Crippen molar-refractivity contribution in [2.24, 2.45) is 5.73 Å². The van der Waals surface area contributed by atoms with Crippen LogP contribution >= 0.6 is 0 Å². The molecule has 0 spiro atoms. The molecule has 140 valence electrons. The molecule has 2 aromatic rings. The largest absolute Gasteiger partial charge is 0.459 e. The molecule has 3 rings (SSSR count). The van der Waals surface area contributed by atoms with Crippen LogP contribution in [0.1, 0.15) is 17.5 Å². The van der Waals surface area contributed by atoms with Gasteiger partial charge in [0, 0.05) is 6.42 Å². The minimum Gasteiger partial charge on any atom is -0.459 e. The highest BCUT2D eigenvalue weighted by molar-refractivity contribution is 6.02. The van der Waals surface area contributed by atoms with Crippen LogP contribution in [0.3, 0.4) is 0 Å². The van der Waals surface area contributed by atoms with E-state index in [0.29, 0.717) is 0 Å². The molecule has 0 bridgehead atoms. The van der Waals surface area contributed by atoms with E-state index in [1.165, 1.54) is 0 Å². The number of carbonyl (C=O) groups excluding carboxylic acids is 3. The molecule has 7 nitrogen and oxygen atoms in total. The summed E-state index contributed by atoms with van der Waals surface area (Å²) in [6.07, 6.45) is -0.897. The average Bonchev–Trinajstić information content (AvgIpc) is 3.00. The van der Waals surface area contributed by atoms with E-state index in [0.717, 1.165) is 16.0 Å². The molecule has 2 atom stereocenters. The minimum atomic E-state index is -1.08. The maximum Gasteiger partial charge on any atom is 0.417 e. The van der Waals surface area contributed by atoms with E-state index in [-0.39, 0.29) is 19.6 Å². The van der Waals surface area contributed by atoms with Gasteiger partial charge in [-0.2, -0.15) is 0 Å². The van der Waals surface area contributed by atoms with Crippen molar-refractivity contribution >= 4 is 18.0 Å². The zero-order valence-corrected chi connectivity index (χ0v) is 14.6. The summed E-state index contributed by atoms with van der Waals surface area (Å²) >= 11 is 0. The lowest BCUT2D eigenvalue weighted by Crippen LogP contribution is -2.45. The zero-order chi connectivity index (χ0) is 19.2. The highest BCUT2D eigenvalue weighted by Crippen LogP contribution is 2.21. The van der Waals surface area contributed by atoms with Crippen molar-refractivity contribution in [2.75, 3.05) is 0 Å². The molecule has 1 aliphatic rings. The summed E-state index contributed by atoms with van der Waals surface area (Å²) in [6.45, 7) is 0.0387. The molecule has 2 aromatic carbocycles. The Kier molecular flexibility index (Phi) is 5.83. The number of likely N-dealkylation sites (tertiary alicyclic amines) is 1. The Bertz CT molecular complexity index is 810. The van der Waals surface area contributed by atoms with Crippen molar-refractivity contribution in [3.05, 3.63) is 71.8 Å². The molecule has 2 amide bonds. The second kappa shape index (κ2) is 8.46. The van der Waals surface area contributed by atoms with Crippen molar-refractivity contribution in [2.45, 2.75) is 31.7 Å². The van der Waals surface area contributed by atoms with Crippen molar-refractivity contribution in [3.63, 3.8) is 0 Å². The van der Waals surface area contributed by atoms with Crippen molar-refractivity contribution < 1.29 is 23.9 Å². The number of hydrogen-bond acceptors (Lipinski definition) is 6. The predicted molar refractivity (Wildman–Crippen MR) is 96.1 cm³/mol. The van der Waals surface area contributed by atoms with Crippen LogP contribution in [0.4, 0.5) is 4.79 Å². The normalized spacial score (nSPS) is 19.0. The number of nitrogens with zero attached hydrogens (tertiary/aromatic N) is 1. The highest BCUT2D eigenvalue weighted by atomic mass is 16.6. The summed E-state index contributed by atoms with van der Waals surface area (Å²) in [5.41, 5.74) is 7.31. The van der Waals surface area contributed by atoms with E-state index >= 15 is 0 Å². The Morgan fingerprint density at radius 1 is 0.926 bits per heavy atom. The molecule has 2 unspecified atom stereocenters. The fraction of sp³-hybridized carbons (Fsp3) is 0.250. The van der Waals surface area contributed by atoms with Gasteiger partial charge in [0.15, 0.2) is 0 Å². The molecular weight excluding hydrogens is 348 g/mol. The second-order valence-corrected chi connectivity index (χ2v) is 6.20. The molecule has 0 saturated carbocycles. The maximum atomic E-state index is 12.4. The molecule has 2 N–H and O–H groups in total. The molecule has 1 fully saturated rings. The SMILES string of the molecule is NC1CC(C(=O)OCc2ccccc2)N(C(=O)OCc2ccccc2)C1=O. The summed E-state index contributed by atoms with van der Waals surface area (Å²) in [5.74, 6) is -1.33. The van der Waals surface area contributed by atoms with Crippen LogP contribution in [0.5, 0.6) is 0 Å². The number of amides is 2. The number of hydrogen-bond donors (Lipinski definition) is 1. The monoisotopic (exact) mass is 368 g/mol. The summed E-state index contributed by atoms with van der Waals surface area (Å²) < 4.78 is 10.4. The van der Waals surface area contributed by atoms with Crippen LogP contribution in [0.25, 0.3) is 0 Å². The predicted octanol–water partition coefficient (Wildman–Crippen LogP) is 1.99. The van der Waals surface area contributed by atoms with Crippen molar-refractivity contribution in [1.29, 1.82) is 0 Å². The number of esters is 1. The zero-order valence-electron chi connectivity index (χ0n) is 14.6. The van der Waals surface area contributed by atoms with Gasteiger partial charge in [-0.1, -0.05) is 60.7 Å². The van der Waals surface area contributed by atoms with Crippen LogP contribution in [-0.2, 0) is 32.3 Å². The van der Waals surface area contributed by atoms with Crippen LogP contribution in [0.2, 0.25) is 0 Å². The molecule has 0 aliphatic carbocycles. The van der Waals surface area contributed by atoms with Crippen molar-refractivity contribution in [3.8, 4) is 0 Å². The second-order valence-electron chi connectivity index (χ2n) is 6.20. The molecule has 1 saturated heterocycles.